The van der Waals surface area contributed by atoms with Crippen molar-refractivity contribution in [2.45, 2.75) is 55.5 Å². The monoisotopic (exact) mass is 599 g/mol. The average molecular weight is 600 g/mol. The number of benzene rings is 2. The van der Waals surface area contributed by atoms with Crippen LogP contribution in [-0.4, -0.2) is 75.9 Å². The second-order valence-corrected chi connectivity index (χ2v) is 11.7. The lowest BCUT2D eigenvalue weighted by Gasteiger charge is -2.26. The van der Waals surface area contributed by atoms with Gasteiger partial charge in [-0.15, -0.1) is 0 Å². The molecule has 0 aromatic heterocycles. The first-order chi connectivity index (χ1) is 19.4. The third-order valence-electron chi connectivity index (χ3n) is 6.93. The zero-order valence-electron chi connectivity index (χ0n) is 22.9. The SMILES string of the molecule is CCCc1ccc(S(=O)(=O)Nc2ccc(C3(C(=O)NCCCN4CCOCC4)CC3)cc2)cc1.O=C(O)C(F)(F)F. The molecule has 0 spiro atoms. The van der Waals surface area contributed by atoms with Crippen LogP contribution < -0.4 is 10.0 Å². The summed E-state index contributed by atoms with van der Waals surface area (Å²) in [6.45, 7) is 7.20. The molecule has 1 saturated heterocycles. The number of amides is 1. The van der Waals surface area contributed by atoms with Crippen LogP contribution in [0.25, 0.3) is 0 Å². The molecule has 41 heavy (non-hydrogen) atoms. The molecule has 1 aliphatic carbocycles. The quantitative estimate of drug-likeness (QED) is 0.334. The predicted molar refractivity (Wildman–Crippen MR) is 147 cm³/mol. The van der Waals surface area contributed by atoms with Crippen molar-refractivity contribution in [1.82, 2.24) is 10.2 Å². The molecule has 1 amide bonds. The number of carbonyl (C=O) groups excluding carboxylic acids is 1. The summed E-state index contributed by atoms with van der Waals surface area (Å²) in [4.78, 5) is 24.4. The van der Waals surface area contributed by atoms with E-state index in [2.05, 4.69) is 21.9 Å². The van der Waals surface area contributed by atoms with Crippen molar-refractivity contribution in [2.24, 2.45) is 0 Å². The minimum Gasteiger partial charge on any atom is -0.475 e. The lowest BCUT2D eigenvalue weighted by Crippen LogP contribution is -2.39. The summed E-state index contributed by atoms with van der Waals surface area (Å²) in [5.74, 6) is -2.69. The number of aliphatic carboxylic acids is 1. The second-order valence-electron chi connectivity index (χ2n) is 10.0. The van der Waals surface area contributed by atoms with Gasteiger partial charge in [0, 0.05) is 25.3 Å². The second kappa shape index (κ2) is 14.1. The van der Waals surface area contributed by atoms with Crippen LogP contribution in [0.5, 0.6) is 0 Å². The molecule has 0 unspecified atom stereocenters. The van der Waals surface area contributed by atoms with Gasteiger partial charge >= 0.3 is 12.1 Å². The van der Waals surface area contributed by atoms with E-state index >= 15 is 0 Å². The maximum Gasteiger partial charge on any atom is 0.490 e. The number of halogens is 3. The molecule has 13 heteroatoms. The van der Waals surface area contributed by atoms with Gasteiger partial charge in [-0.1, -0.05) is 37.6 Å². The van der Waals surface area contributed by atoms with Crippen LogP contribution in [0, 0.1) is 0 Å². The molecule has 0 radical (unpaired) electrons. The van der Waals surface area contributed by atoms with E-state index in [1.807, 2.05) is 24.3 Å². The molecule has 0 atom stereocenters. The molecule has 226 valence electrons. The number of carbonyl (C=O) groups is 2. The number of rotatable bonds is 11. The smallest absolute Gasteiger partial charge is 0.475 e. The van der Waals surface area contributed by atoms with Gasteiger partial charge in [0.25, 0.3) is 10.0 Å². The number of nitrogens with one attached hydrogen (secondary N) is 2. The van der Waals surface area contributed by atoms with Crippen molar-refractivity contribution >= 4 is 27.6 Å². The van der Waals surface area contributed by atoms with Crippen molar-refractivity contribution < 1.29 is 41.0 Å². The average Bonchev–Trinajstić information content (AvgIpc) is 3.74. The first-order valence-electron chi connectivity index (χ1n) is 13.5. The lowest BCUT2D eigenvalue weighted by atomic mass is 9.95. The molecule has 0 bridgehead atoms. The molecule has 2 fully saturated rings. The standard InChI is InChI=1S/C26H35N3O4S.C2HF3O2/c1-2-4-21-5-11-24(12-6-21)34(31,32)28-23-9-7-22(8-10-23)26(13-14-26)25(30)27-15-3-16-29-17-19-33-20-18-29;3-2(4,5)1(6)7/h5-12,28H,2-4,13-20H2,1H3,(H,27,30);(H,6,7). The van der Waals surface area contributed by atoms with Crippen molar-refractivity contribution in [3.05, 3.63) is 59.7 Å². The highest BCUT2D eigenvalue weighted by molar-refractivity contribution is 7.92. The molecular formula is C28H36F3N3O6S. The zero-order valence-corrected chi connectivity index (χ0v) is 23.7. The number of alkyl halides is 3. The van der Waals surface area contributed by atoms with Gasteiger partial charge < -0.3 is 15.2 Å². The first kappa shape index (κ1) is 32.4. The number of carboxylic acids is 1. The predicted octanol–water partition coefficient (Wildman–Crippen LogP) is 3.94. The maximum atomic E-state index is 12.9. The molecule has 2 aromatic rings. The zero-order chi connectivity index (χ0) is 30.1. The Morgan fingerprint density at radius 2 is 1.61 bits per heavy atom. The van der Waals surface area contributed by atoms with Gasteiger partial charge in [0.1, 0.15) is 0 Å². The van der Waals surface area contributed by atoms with E-state index in [4.69, 9.17) is 14.6 Å². The summed E-state index contributed by atoms with van der Waals surface area (Å²) in [6.07, 6.45) is -0.583. The summed E-state index contributed by atoms with van der Waals surface area (Å²) in [7, 11) is -3.66. The molecule has 1 heterocycles. The Morgan fingerprint density at radius 3 is 2.12 bits per heavy atom. The van der Waals surface area contributed by atoms with E-state index in [1.165, 1.54) is 0 Å². The number of nitrogens with zero attached hydrogens (tertiary/aromatic N) is 1. The number of hydrogen-bond acceptors (Lipinski definition) is 6. The Hall–Kier alpha value is -3.16. The van der Waals surface area contributed by atoms with Crippen LogP contribution in [0.4, 0.5) is 18.9 Å². The maximum absolute atomic E-state index is 12.9. The third-order valence-corrected chi connectivity index (χ3v) is 8.33. The van der Waals surface area contributed by atoms with E-state index < -0.39 is 27.6 Å². The Morgan fingerprint density at radius 1 is 1.02 bits per heavy atom. The van der Waals surface area contributed by atoms with E-state index in [-0.39, 0.29) is 10.8 Å². The summed E-state index contributed by atoms with van der Waals surface area (Å²) in [5.41, 5.74) is 2.07. The van der Waals surface area contributed by atoms with Gasteiger partial charge in [0.2, 0.25) is 5.91 Å². The topological polar surface area (TPSA) is 125 Å². The Bertz CT molecular complexity index is 1260. The fourth-order valence-electron chi connectivity index (χ4n) is 4.47. The number of morpholine rings is 1. The fourth-order valence-corrected chi connectivity index (χ4v) is 5.52. The molecule has 2 aromatic carbocycles. The van der Waals surface area contributed by atoms with Gasteiger partial charge in [-0.3, -0.25) is 14.4 Å². The van der Waals surface area contributed by atoms with Gasteiger partial charge in [-0.2, -0.15) is 13.2 Å². The fraction of sp³-hybridized carbons (Fsp3) is 0.500. The Balaban J connectivity index is 0.000000587. The number of ether oxygens (including phenoxy) is 1. The van der Waals surface area contributed by atoms with Gasteiger partial charge in [-0.05, 0) is 67.6 Å². The van der Waals surface area contributed by atoms with E-state index in [0.29, 0.717) is 12.2 Å². The van der Waals surface area contributed by atoms with Crippen LogP contribution in [-0.2, 0) is 36.2 Å². The number of hydrogen-bond donors (Lipinski definition) is 3. The van der Waals surface area contributed by atoms with Crippen LogP contribution in [0.15, 0.2) is 53.4 Å². The molecule has 9 nitrogen and oxygen atoms in total. The first-order valence-corrected chi connectivity index (χ1v) is 15.0. The van der Waals surface area contributed by atoms with Crippen molar-refractivity contribution in [2.75, 3.05) is 44.1 Å². The highest BCUT2D eigenvalue weighted by Gasteiger charge is 2.51. The molecule has 2 aliphatic rings. The molecule has 1 saturated carbocycles. The summed E-state index contributed by atoms with van der Waals surface area (Å²) in [5, 5.41) is 10.2. The lowest BCUT2D eigenvalue weighted by molar-refractivity contribution is -0.192. The molecular weight excluding hydrogens is 563 g/mol. The molecule has 4 rings (SSSR count). The van der Waals surface area contributed by atoms with Crippen LogP contribution in [0.2, 0.25) is 0 Å². The molecule has 3 N–H and O–H groups in total. The summed E-state index contributed by atoms with van der Waals surface area (Å²) in [6, 6.07) is 14.2. The van der Waals surface area contributed by atoms with Crippen molar-refractivity contribution in [1.29, 1.82) is 0 Å². The number of anilines is 1. The number of carboxylic acid groups (broad SMARTS) is 1. The normalized spacial score (nSPS) is 16.7. The van der Waals surface area contributed by atoms with Crippen LogP contribution in [0.1, 0.15) is 43.7 Å². The van der Waals surface area contributed by atoms with E-state index in [1.54, 1.807) is 24.3 Å². The van der Waals surface area contributed by atoms with Gasteiger partial charge in [-0.25, -0.2) is 13.2 Å². The Labute approximate surface area is 238 Å². The van der Waals surface area contributed by atoms with E-state index in [0.717, 1.165) is 76.1 Å². The number of aryl methyl sites for hydroxylation is 1. The largest absolute Gasteiger partial charge is 0.490 e. The minimum atomic E-state index is -5.08. The van der Waals surface area contributed by atoms with Crippen LogP contribution in [0.3, 0.4) is 0 Å². The number of sulfonamides is 1. The van der Waals surface area contributed by atoms with E-state index in [9.17, 15) is 26.4 Å². The van der Waals surface area contributed by atoms with Gasteiger partial charge in [0.05, 0.1) is 23.5 Å². The highest BCUT2D eigenvalue weighted by atomic mass is 32.2. The van der Waals surface area contributed by atoms with Gasteiger partial charge in [0.15, 0.2) is 0 Å². The summed E-state index contributed by atoms with van der Waals surface area (Å²) >= 11 is 0. The van der Waals surface area contributed by atoms with Crippen LogP contribution >= 0.6 is 0 Å². The van der Waals surface area contributed by atoms with Crippen molar-refractivity contribution in [3.8, 4) is 0 Å². The minimum absolute atomic E-state index is 0.0648. The third kappa shape index (κ3) is 9.44. The summed E-state index contributed by atoms with van der Waals surface area (Å²) < 4.78 is 65.2. The highest BCUT2D eigenvalue weighted by Crippen LogP contribution is 2.48. The Kier molecular flexibility index (Phi) is 11.2. The molecule has 1 aliphatic heterocycles. The van der Waals surface area contributed by atoms with Crippen molar-refractivity contribution in [3.63, 3.8) is 0 Å².